The molecule has 2 aromatic carbocycles. The monoisotopic (exact) mass is 285 g/mol. The van der Waals surface area contributed by atoms with E-state index in [-0.39, 0.29) is 12.4 Å². The molecule has 21 heavy (non-hydrogen) atoms. The van der Waals surface area contributed by atoms with Gasteiger partial charge in [-0.05, 0) is 11.6 Å². The lowest BCUT2D eigenvalue weighted by Crippen LogP contribution is -2.21. The summed E-state index contributed by atoms with van der Waals surface area (Å²) in [6.07, 6.45) is 0.902. The second-order valence-corrected chi connectivity index (χ2v) is 4.92. The van der Waals surface area contributed by atoms with Crippen LogP contribution in [0.5, 0.6) is 0 Å². The SMILES string of the molecule is OC(CNCc1cccc2cn[nH]c12)c1ccccc1F. The summed E-state index contributed by atoms with van der Waals surface area (Å²) in [5.41, 5.74) is 2.35. The van der Waals surface area contributed by atoms with E-state index in [9.17, 15) is 9.50 Å². The molecule has 0 saturated heterocycles. The minimum absolute atomic E-state index is 0.283. The summed E-state index contributed by atoms with van der Waals surface area (Å²) in [5, 5.41) is 21.2. The van der Waals surface area contributed by atoms with E-state index >= 15 is 0 Å². The second kappa shape index (κ2) is 6.03. The number of rotatable bonds is 5. The van der Waals surface area contributed by atoms with Crippen molar-refractivity contribution in [2.75, 3.05) is 6.54 Å². The Morgan fingerprint density at radius 2 is 2.05 bits per heavy atom. The first-order valence-electron chi connectivity index (χ1n) is 6.80. The van der Waals surface area contributed by atoms with Crippen molar-refractivity contribution < 1.29 is 9.50 Å². The smallest absolute Gasteiger partial charge is 0.129 e. The van der Waals surface area contributed by atoms with Gasteiger partial charge in [-0.1, -0.05) is 36.4 Å². The Labute approximate surface area is 121 Å². The Hall–Kier alpha value is -2.24. The first-order chi connectivity index (χ1) is 10.3. The molecule has 0 aliphatic carbocycles. The van der Waals surface area contributed by atoms with E-state index in [0.29, 0.717) is 12.1 Å². The van der Waals surface area contributed by atoms with Crippen molar-refractivity contribution in [3.05, 3.63) is 65.6 Å². The maximum atomic E-state index is 13.6. The number of nitrogens with zero attached hydrogens (tertiary/aromatic N) is 1. The Balaban J connectivity index is 1.64. The number of benzene rings is 2. The van der Waals surface area contributed by atoms with Crippen molar-refractivity contribution in [1.29, 1.82) is 0 Å². The number of halogens is 1. The van der Waals surface area contributed by atoms with Gasteiger partial charge in [0.2, 0.25) is 0 Å². The number of hydrogen-bond donors (Lipinski definition) is 3. The molecule has 1 heterocycles. The van der Waals surface area contributed by atoms with Crippen LogP contribution >= 0.6 is 0 Å². The van der Waals surface area contributed by atoms with Crippen molar-refractivity contribution in [2.45, 2.75) is 12.6 Å². The average molecular weight is 285 g/mol. The number of H-pyrrole nitrogens is 1. The van der Waals surface area contributed by atoms with Gasteiger partial charge in [0.25, 0.3) is 0 Å². The lowest BCUT2D eigenvalue weighted by atomic mass is 10.1. The second-order valence-electron chi connectivity index (χ2n) is 4.92. The maximum absolute atomic E-state index is 13.6. The van der Waals surface area contributed by atoms with Gasteiger partial charge in [-0.25, -0.2) is 4.39 Å². The molecule has 5 heteroatoms. The van der Waals surface area contributed by atoms with Gasteiger partial charge in [-0.15, -0.1) is 0 Å². The van der Waals surface area contributed by atoms with Gasteiger partial charge in [0.15, 0.2) is 0 Å². The molecule has 0 amide bonds. The summed E-state index contributed by atoms with van der Waals surface area (Å²) in [5.74, 6) is -0.387. The lowest BCUT2D eigenvalue weighted by molar-refractivity contribution is 0.170. The van der Waals surface area contributed by atoms with E-state index in [2.05, 4.69) is 15.5 Å². The summed E-state index contributed by atoms with van der Waals surface area (Å²) in [4.78, 5) is 0. The molecule has 3 rings (SSSR count). The Morgan fingerprint density at radius 1 is 1.19 bits per heavy atom. The van der Waals surface area contributed by atoms with E-state index in [4.69, 9.17) is 0 Å². The van der Waals surface area contributed by atoms with E-state index in [1.54, 1.807) is 24.4 Å². The molecule has 0 spiro atoms. The van der Waals surface area contributed by atoms with Gasteiger partial charge in [0.1, 0.15) is 5.82 Å². The van der Waals surface area contributed by atoms with Crippen molar-refractivity contribution >= 4 is 10.9 Å². The third-order valence-electron chi connectivity index (χ3n) is 3.48. The van der Waals surface area contributed by atoms with Gasteiger partial charge < -0.3 is 10.4 Å². The van der Waals surface area contributed by atoms with Gasteiger partial charge >= 0.3 is 0 Å². The summed E-state index contributed by atoms with van der Waals surface area (Å²) in [6, 6.07) is 12.2. The number of aromatic amines is 1. The highest BCUT2D eigenvalue weighted by atomic mass is 19.1. The molecule has 4 nitrogen and oxygen atoms in total. The van der Waals surface area contributed by atoms with Crippen molar-refractivity contribution in [2.24, 2.45) is 0 Å². The summed E-state index contributed by atoms with van der Waals surface area (Å²) >= 11 is 0. The van der Waals surface area contributed by atoms with Gasteiger partial charge in [0.05, 0.1) is 17.8 Å². The van der Waals surface area contributed by atoms with E-state index in [1.807, 2.05) is 18.2 Å². The molecule has 0 aliphatic rings. The molecule has 1 unspecified atom stereocenters. The highest BCUT2D eigenvalue weighted by Crippen LogP contribution is 2.17. The fourth-order valence-corrected chi connectivity index (χ4v) is 2.38. The van der Waals surface area contributed by atoms with Crippen LogP contribution in [0.15, 0.2) is 48.7 Å². The number of hydrogen-bond acceptors (Lipinski definition) is 3. The summed E-state index contributed by atoms with van der Waals surface area (Å²) in [7, 11) is 0. The largest absolute Gasteiger partial charge is 0.387 e. The number of aliphatic hydroxyl groups is 1. The molecule has 0 aliphatic heterocycles. The Bertz CT molecular complexity index is 741. The first-order valence-corrected chi connectivity index (χ1v) is 6.80. The number of para-hydroxylation sites is 1. The van der Waals surface area contributed by atoms with Crippen LogP contribution in [0.2, 0.25) is 0 Å². The molecule has 1 aromatic heterocycles. The van der Waals surface area contributed by atoms with Crippen LogP contribution in [-0.4, -0.2) is 21.8 Å². The lowest BCUT2D eigenvalue weighted by Gasteiger charge is -2.13. The molecule has 0 fully saturated rings. The van der Waals surface area contributed by atoms with E-state index in [1.165, 1.54) is 6.07 Å². The molecule has 0 saturated carbocycles. The van der Waals surface area contributed by atoms with Crippen LogP contribution in [0.3, 0.4) is 0 Å². The molecule has 3 aromatic rings. The predicted molar refractivity (Wildman–Crippen MR) is 79.2 cm³/mol. The minimum Gasteiger partial charge on any atom is -0.387 e. The standard InChI is InChI=1S/C16H16FN3O/c17-14-7-2-1-6-13(14)15(21)10-18-8-11-4-3-5-12-9-19-20-16(11)12/h1-7,9,15,18,21H,8,10H2,(H,19,20). The zero-order valence-corrected chi connectivity index (χ0v) is 11.4. The number of aromatic nitrogens is 2. The van der Waals surface area contributed by atoms with E-state index in [0.717, 1.165) is 16.5 Å². The number of aliphatic hydroxyl groups excluding tert-OH is 1. The molecule has 1 atom stereocenters. The fraction of sp³-hybridized carbons (Fsp3) is 0.188. The van der Waals surface area contributed by atoms with Crippen molar-refractivity contribution in [3.63, 3.8) is 0 Å². The molecule has 0 radical (unpaired) electrons. The number of fused-ring (bicyclic) bond motifs is 1. The third-order valence-corrected chi connectivity index (χ3v) is 3.48. The first kappa shape index (κ1) is 13.7. The minimum atomic E-state index is -0.868. The predicted octanol–water partition coefficient (Wildman–Crippen LogP) is 2.53. The van der Waals surface area contributed by atoms with Crippen LogP contribution in [0.25, 0.3) is 10.9 Å². The van der Waals surface area contributed by atoms with Crippen LogP contribution in [0.4, 0.5) is 4.39 Å². The Morgan fingerprint density at radius 3 is 2.90 bits per heavy atom. The highest BCUT2D eigenvalue weighted by Gasteiger charge is 2.11. The summed E-state index contributed by atoms with van der Waals surface area (Å²) < 4.78 is 13.6. The van der Waals surface area contributed by atoms with E-state index < -0.39 is 6.10 Å². The van der Waals surface area contributed by atoms with Crippen molar-refractivity contribution in [3.8, 4) is 0 Å². The van der Waals surface area contributed by atoms with Crippen LogP contribution in [-0.2, 0) is 6.54 Å². The van der Waals surface area contributed by atoms with Crippen LogP contribution in [0.1, 0.15) is 17.2 Å². The zero-order chi connectivity index (χ0) is 14.7. The summed E-state index contributed by atoms with van der Waals surface area (Å²) in [6.45, 7) is 0.858. The molecule has 0 bridgehead atoms. The number of nitrogens with one attached hydrogen (secondary N) is 2. The van der Waals surface area contributed by atoms with Crippen LogP contribution < -0.4 is 5.32 Å². The molecule has 3 N–H and O–H groups in total. The maximum Gasteiger partial charge on any atom is 0.129 e. The molecular weight excluding hydrogens is 269 g/mol. The fourth-order valence-electron chi connectivity index (χ4n) is 2.38. The van der Waals surface area contributed by atoms with Gasteiger partial charge in [-0.3, -0.25) is 5.10 Å². The molecule has 108 valence electrons. The average Bonchev–Trinajstić information content (AvgIpc) is 2.97. The van der Waals surface area contributed by atoms with Gasteiger partial charge in [0, 0.05) is 24.0 Å². The topological polar surface area (TPSA) is 60.9 Å². The highest BCUT2D eigenvalue weighted by molar-refractivity contribution is 5.81. The zero-order valence-electron chi connectivity index (χ0n) is 11.4. The normalized spacial score (nSPS) is 12.7. The third kappa shape index (κ3) is 2.94. The van der Waals surface area contributed by atoms with Crippen molar-refractivity contribution in [1.82, 2.24) is 15.5 Å². The Kier molecular flexibility index (Phi) is 3.94. The quantitative estimate of drug-likeness (QED) is 0.675. The van der Waals surface area contributed by atoms with Gasteiger partial charge in [-0.2, -0.15) is 5.10 Å². The van der Waals surface area contributed by atoms with Crippen LogP contribution in [0, 0.1) is 5.82 Å². The molecular formula is C16H16FN3O.